The van der Waals surface area contributed by atoms with Crippen molar-refractivity contribution in [3.8, 4) is 17.6 Å². The third-order valence-corrected chi connectivity index (χ3v) is 3.05. The first-order chi connectivity index (χ1) is 9.83. The fourth-order valence-electron chi connectivity index (χ4n) is 1.89. The van der Waals surface area contributed by atoms with Crippen molar-refractivity contribution in [3.63, 3.8) is 0 Å². The van der Waals surface area contributed by atoms with E-state index >= 15 is 0 Å². The highest BCUT2D eigenvalue weighted by Gasteiger charge is 2.01. The monoisotopic (exact) mass is 266 g/mol. The number of ether oxygens (including phenoxy) is 1. The first-order valence-electron chi connectivity index (χ1n) is 6.73. The van der Waals surface area contributed by atoms with Crippen LogP contribution in [0.15, 0.2) is 48.5 Å². The Labute approximate surface area is 120 Å². The number of aryl methyl sites for hydroxylation is 1. The molecule has 2 aromatic carbocycles. The normalized spacial score (nSPS) is 9.70. The van der Waals surface area contributed by atoms with Gasteiger partial charge in [-0.25, -0.2) is 0 Å². The van der Waals surface area contributed by atoms with Gasteiger partial charge in [-0.15, -0.1) is 0 Å². The van der Waals surface area contributed by atoms with Gasteiger partial charge in [-0.2, -0.15) is 0 Å². The summed E-state index contributed by atoms with van der Waals surface area (Å²) in [6.07, 6.45) is 1.03. The predicted octanol–water partition coefficient (Wildman–Crippen LogP) is 3.17. The molecule has 0 aromatic heterocycles. The molecule has 2 nitrogen and oxygen atoms in total. The highest BCUT2D eigenvalue weighted by molar-refractivity contribution is 5.41. The summed E-state index contributed by atoms with van der Waals surface area (Å²) < 4.78 is 5.78. The second-order valence-electron chi connectivity index (χ2n) is 4.40. The first kappa shape index (κ1) is 14.2. The summed E-state index contributed by atoms with van der Waals surface area (Å²) in [6.45, 7) is 2.47. The molecule has 0 atom stereocenters. The van der Waals surface area contributed by atoms with E-state index in [1.807, 2.05) is 36.4 Å². The number of hydrogen-bond donors (Lipinski definition) is 1. The van der Waals surface area contributed by atoms with E-state index in [2.05, 4.69) is 30.9 Å². The van der Waals surface area contributed by atoms with Crippen LogP contribution in [-0.2, 0) is 13.0 Å². The predicted molar refractivity (Wildman–Crippen MR) is 80.6 cm³/mol. The van der Waals surface area contributed by atoms with Crippen LogP contribution in [0.3, 0.4) is 0 Å². The van der Waals surface area contributed by atoms with Crippen LogP contribution in [0.25, 0.3) is 0 Å². The van der Waals surface area contributed by atoms with E-state index in [0.29, 0.717) is 6.61 Å². The first-order valence-corrected chi connectivity index (χ1v) is 6.73. The number of hydrogen-bond acceptors (Lipinski definition) is 2. The fraction of sp³-hybridized carbons (Fsp3) is 0.222. The Morgan fingerprint density at radius 1 is 1.05 bits per heavy atom. The van der Waals surface area contributed by atoms with Crippen LogP contribution in [-0.4, -0.2) is 11.7 Å². The van der Waals surface area contributed by atoms with E-state index in [9.17, 15) is 0 Å². The molecule has 2 rings (SSSR count). The lowest BCUT2D eigenvalue weighted by Gasteiger charge is -2.08. The van der Waals surface area contributed by atoms with Crippen molar-refractivity contribution in [1.82, 2.24) is 0 Å². The maximum Gasteiger partial charge on any atom is 0.119 e. The summed E-state index contributed by atoms with van der Waals surface area (Å²) in [5.41, 5.74) is 3.21. The molecule has 102 valence electrons. The molecule has 2 aromatic rings. The SMILES string of the molecule is CCc1ccc(OCc2ccccc2C#CCO)cc1. The van der Waals surface area contributed by atoms with E-state index in [0.717, 1.165) is 23.3 Å². The topological polar surface area (TPSA) is 29.5 Å². The van der Waals surface area contributed by atoms with Crippen LogP contribution in [0.4, 0.5) is 0 Å². The summed E-state index contributed by atoms with van der Waals surface area (Å²) in [7, 11) is 0. The lowest BCUT2D eigenvalue weighted by molar-refractivity contribution is 0.306. The van der Waals surface area contributed by atoms with Crippen LogP contribution in [0, 0.1) is 11.8 Å². The molecule has 1 N–H and O–H groups in total. The summed E-state index contributed by atoms with van der Waals surface area (Å²) in [4.78, 5) is 0. The van der Waals surface area contributed by atoms with Gasteiger partial charge in [-0.1, -0.05) is 49.1 Å². The molecule has 0 amide bonds. The maximum absolute atomic E-state index is 8.77. The molecule has 0 heterocycles. The Hall–Kier alpha value is -2.24. The molecular formula is C18H18O2. The van der Waals surface area contributed by atoms with Crippen molar-refractivity contribution >= 4 is 0 Å². The summed E-state index contributed by atoms with van der Waals surface area (Å²) >= 11 is 0. The minimum atomic E-state index is -0.131. The van der Waals surface area contributed by atoms with Crippen molar-refractivity contribution in [3.05, 3.63) is 65.2 Å². The fourth-order valence-corrected chi connectivity index (χ4v) is 1.89. The van der Waals surface area contributed by atoms with Gasteiger partial charge in [0, 0.05) is 11.1 Å². The van der Waals surface area contributed by atoms with Gasteiger partial charge in [0.1, 0.15) is 19.0 Å². The van der Waals surface area contributed by atoms with E-state index < -0.39 is 0 Å². The third kappa shape index (κ3) is 3.88. The molecule has 2 heteroatoms. The number of benzene rings is 2. The van der Waals surface area contributed by atoms with Gasteiger partial charge in [0.05, 0.1) is 0 Å². The molecule has 0 radical (unpaired) electrons. The zero-order valence-electron chi connectivity index (χ0n) is 11.6. The third-order valence-electron chi connectivity index (χ3n) is 3.05. The average molecular weight is 266 g/mol. The lowest BCUT2D eigenvalue weighted by atomic mass is 10.1. The molecule has 20 heavy (non-hydrogen) atoms. The van der Waals surface area contributed by atoms with Crippen molar-refractivity contribution in [2.45, 2.75) is 20.0 Å². The van der Waals surface area contributed by atoms with Crippen molar-refractivity contribution in [2.24, 2.45) is 0 Å². The molecule has 0 fully saturated rings. The Kier molecular flexibility index (Phi) is 5.23. The van der Waals surface area contributed by atoms with Gasteiger partial charge in [0.2, 0.25) is 0 Å². The number of aliphatic hydroxyl groups excluding tert-OH is 1. The molecule has 0 aliphatic heterocycles. The zero-order chi connectivity index (χ0) is 14.2. The van der Waals surface area contributed by atoms with Gasteiger partial charge in [-0.3, -0.25) is 0 Å². The average Bonchev–Trinajstić information content (AvgIpc) is 2.52. The minimum absolute atomic E-state index is 0.131. The van der Waals surface area contributed by atoms with Crippen LogP contribution in [0.5, 0.6) is 5.75 Å². The molecular weight excluding hydrogens is 248 g/mol. The van der Waals surface area contributed by atoms with E-state index in [1.54, 1.807) is 0 Å². The zero-order valence-corrected chi connectivity index (χ0v) is 11.6. The lowest BCUT2D eigenvalue weighted by Crippen LogP contribution is -1.98. The van der Waals surface area contributed by atoms with Gasteiger partial charge >= 0.3 is 0 Å². The van der Waals surface area contributed by atoms with Gasteiger partial charge in [0.25, 0.3) is 0 Å². The molecule has 0 bridgehead atoms. The Balaban J connectivity index is 2.06. The quantitative estimate of drug-likeness (QED) is 0.861. The van der Waals surface area contributed by atoms with Crippen LogP contribution >= 0.6 is 0 Å². The van der Waals surface area contributed by atoms with Gasteiger partial charge < -0.3 is 9.84 Å². The number of rotatable bonds is 4. The second-order valence-corrected chi connectivity index (χ2v) is 4.40. The second kappa shape index (κ2) is 7.37. The standard InChI is InChI=1S/C18H18O2/c1-2-15-9-11-18(12-10-15)20-14-17-7-4-3-6-16(17)8-5-13-19/h3-4,6-7,9-12,19H,2,13-14H2,1H3. The minimum Gasteiger partial charge on any atom is -0.489 e. The largest absolute Gasteiger partial charge is 0.489 e. The van der Waals surface area contributed by atoms with Crippen molar-refractivity contribution in [1.29, 1.82) is 0 Å². The van der Waals surface area contributed by atoms with Crippen molar-refractivity contribution < 1.29 is 9.84 Å². The Morgan fingerprint density at radius 3 is 2.50 bits per heavy atom. The summed E-state index contributed by atoms with van der Waals surface area (Å²) in [5.74, 6) is 6.46. The Morgan fingerprint density at radius 2 is 1.80 bits per heavy atom. The van der Waals surface area contributed by atoms with Crippen LogP contribution in [0.1, 0.15) is 23.6 Å². The van der Waals surface area contributed by atoms with Crippen LogP contribution < -0.4 is 4.74 Å². The smallest absolute Gasteiger partial charge is 0.119 e. The van der Waals surface area contributed by atoms with Gasteiger partial charge in [0.15, 0.2) is 0 Å². The molecule has 0 unspecified atom stereocenters. The Bertz CT molecular complexity index is 603. The summed E-state index contributed by atoms with van der Waals surface area (Å²) in [5, 5.41) is 8.77. The molecule has 0 aliphatic rings. The molecule has 0 aliphatic carbocycles. The number of aliphatic hydroxyl groups is 1. The van der Waals surface area contributed by atoms with Gasteiger partial charge in [-0.05, 0) is 30.2 Å². The molecule has 0 spiro atoms. The van der Waals surface area contributed by atoms with Crippen molar-refractivity contribution in [2.75, 3.05) is 6.61 Å². The maximum atomic E-state index is 8.77. The van der Waals surface area contributed by atoms with E-state index in [4.69, 9.17) is 9.84 Å². The highest BCUT2D eigenvalue weighted by atomic mass is 16.5. The highest BCUT2D eigenvalue weighted by Crippen LogP contribution is 2.16. The van der Waals surface area contributed by atoms with Crippen LogP contribution in [0.2, 0.25) is 0 Å². The summed E-state index contributed by atoms with van der Waals surface area (Å²) in [6, 6.07) is 15.9. The molecule has 0 saturated heterocycles. The molecule has 0 saturated carbocycles. The van der Waals surface area contributed by atoms with E-state index in [1.165, 1.54) is 5.56 Å². The van der Waals surface area contributed by atoms with E-state index in [-0.39, 0.29) is 6.61 Å².